The van der Waals surface area contributed by atoms with E-state index in [9.17, 15) is 0 Å². The number of guanidine groups is 1. The van der Waals surface area contributed by atoms with Crippen LogP contribution >= 0.6 is 11.3 Å². The first kappa shape index (κ1) is 21.9. The number of methoxy groups -OCH3 is 1. The smallest absolute Gasteiger partial charge is 0.193 e. The molecule has 0 aliphatic heterocycles. The van der Waals surface area contributed by atoms with Crippen molar-refractivity contribution in [2.45, 2.75) is 25.7 Å². The van der Waals surface area contributed by atoms with Gasteiger partial charge in [-0.2, -0.15) is 0 Å². The van der Waals surface area contributed by atoms with Gasteiger partial charge in [-0.25, -0.2) is 4.98 Å². The molecule has 1 N–H and O–H groups in total. The Balaban J connectivity index is 1.58. The lowest BCUT2D eigenvalue weighted by atomic mass is 10.1. The van der Waals surface area contributed by atoms with E-state index in [0.29, 0.717) is 12.5 Å². The molecule has 0 spiro atoms. The molecular weight excluding hydrogens is 396 g/mol. The van der Waals surface area contributed by atoms with Crippen molar-refractivity contribution in [1.82, 2.24) is 15.2 Å². The zero-order valence-corrected chi connectivity index (χ0v) is 18.7. The fourth-order valence-corrected chi connectivity index (χ4v) is 3.89. The first-order valence-corrected chi connectivity index (χ1v) is 11.1. The maximum Gasteiger partial charge on any atom is 0.193 e. The summed E-state index contributed by atoms with van der Waals surface area (Å²) in [6.45, 7) is 4.53. The Morgan fingerprint density at radius 3 is 2.77 bits per heavy atom. The second-order valence-electron chi connectivity index (χ2n) is 7.21. The molecule has 0 aliphatic rings. The lowest BCUT2D eigenvalue weighted by molar-refractivity contribution is 0.414. The van der Waals surface area contributed by atoms with Gasteiger partial charge in [0, 0.05) is 50.6 Å². The molecule has 160 valence electrons. The Labute approximate surface area is 182 Å². The van der Waals surface area contributed by atoms with E-state index in [1.807, 2.05) is 35.8 Å². The minimum atomic E-state index is 0.341. The summed E-state index contributed by atoms with van der Waals surface area (Å²) in [5, 5.41) is 6.70. The van der Waals surface area contributed by atoms with Crippen LogP contribution in [0.1, 0.15) is 29.2 Å². The molecule has 1 aromatic carbocycles. The predicted octanol–water partition coefficient (Wildman–Crippen LogP) is 4.21. The summed E-state index contributed by atoms with van der Waals surface area (Å²) in [5.74, 6) is 3.07. The zero-order chi connectivity index (χ0) is 21.2. The molecule has 0 aliphatic carbocycles. The van der Waals surface area contributed by atoms with E-state index >= 15 is 0 Å². The van der Waals surface area contributed by atoms with Crippen LogP contribution in [0.2, 0.25) is 0 Å². The fraction of sp³-hybridized carbons (Fsp3) is 0.391. The number of nitrogens with zero attached hydrogens (tertiary/aromatic N) is 3. The summed E-state index contributed by atoms with van der Waals surface area (Å²) >= 11 is 1.70. The van der Waals surface area contributed by atoms with Crippen LogP contribution < -0.4 is 10.1 Å². The number of furan rings is 1. The summed E-state index contributed by atoms with van der Waals surface area (Å²) < 4.78 is 10.7. The van der Waals surface area contributed by atoms with Gasteiger partial charge in [0.1, 0.15) is 11.5 Å². The van der Waals surface area contributed by atoms with Gasteiger partial charge in [-0.3, -0.25) is 4.99 Å². The van der Waals surface area contributed by atoms with Crippen LogP contribution in [0, 0.1) is 0 Å². The minimum absolute atomic E-state index is 0.341. The monoisotopic (exact) mass is 426 g/mol. The molecule has 0 saturated carbocycles. The van der Waals surface area contributed by atoms with E-state index in [1.165, 1.54) is 5.56 Å². The van der Waals surface area contributed by atoms with E-state index in [4.69, 9.17) is 14.1 Å². The zero-order valence-electron chi connectivity index (χ0n) is 17.9. The summed E-state index contributed by atoms with van der Waals surface area (Å²) in [6, 6.07) is 12.1. The normalized spacial score (nSPS) is 12.6. The van der Waals surface area contributed by atoms with Crippen LogP contribution in [-0.4, -0.2) is 49.6 Å². The lowest BCUT2D eigenvalue weighted by Gasteiger charge is -2.25. The van der Waals surface area contributed by atoms with Crippen molar-refractivity contribution in [2.24, 2.45) is 4.99 Å². The molecule has 3 aromatic rings. The lowest BCUT2D eigenvalue weighted by Crippen LogP contribution is -2.41. The number of likely N-dealkylation sites (N-methyl/N-ethyl adjacent to an activating group) is 1. The standard InChI is InChI=1S/C23H30N4O2S/c1-18(22-24-14-16-30-22)17-27(2)23(26-13-11-21-5-4-15-29-21)25-12-10-19-6-8-20(28-3)9-7-19/h4-9,14-16,18H,10-13,17H2,1-3H3,(H,25,26). The van der Waals surface area contributed by atoms with Crippen molar-refractivity contribution in [2.75, 3.05) is 33.8 Å². The average molecular weight is 427 g/mol. The molecule has 30 heavy (non-hydrogen) atoms. The first-order valence-electron chi connectivity index (χ1n) is 10.2. The Morgan fingerprint density at radius 1 is 1.27 bits per heavy atom. The van der Waals surface area contributed by atoms with Crippen molar-refractivity contribution < 1.29 is 9.15 Å². The first-order chi connectivity index (χ1) is 14.7. The van der Waals surface area contributed by atoms with Crippen LogP contribution in [0.3, 0.4) is 0 Å². The highest BCUT2D eigenvalue weighted by Gasteiger charge is 2.14. The second-order valence-corrected chi connectivity index (χ2v) is 8.14. The minimum Gasteiger partial charge on any atom is -0.497 e. The maximum atomic E-state index is 5.43. The predicted molar refractivity (Wildman–Crippen MR) is 123 cm³/mol. The third-order valence-electron chi connectivity index (χ3n) is 4.84. The molecule has 0 saturated heterocycles. The topological polar surface area (TPSA) is 62.9 Å². The molecule has 6 nitrogen and oxygen atoms in total. The van der Waals surface area contributed by atoms with Gasteiger partial charge in [0.05, 0.1) is 18.4 Å². The van der Waals surface area contributed by atoms with Crippen molar-refractivity contribution in [1.29, 1.82) is 0 Å². The van der Waals surface area contributed by atoms with Crippen molar-refractivity contribution in [3.63, 3.8) is 0 Å². The third-order valence-corrected chi connectivity index (χ3v) is 5.85. The van der Waals surface area contributed by atoms with Crippen LogP contribution in [0.25, 0.3) is 0 Å². The molecule has 1 atom stereocenters. The van der Waals surface area contributed by atoms with E-state index in [1.54, 1.807) is 24.7 Å². The second kappa shape index (κ2) is 11.4. The van der Waals surface area contributed by atoms with Gasteiger partial charge in [0.2, 0.25) is 0 Å². The summed E-state index contributed by atoms with van der Waals surface area (Å²) in [6.07, 6.45) is 5.26. The van der Waals surface area contributed by atoms with E-state index in [-0.39, 0.29) is 0 Å². The number of hydrogen-bond acceptors (Lipinski definition) is 5. The molecule has 3 rings (SSSR count). The molecule has 0 bridgehead atoms. The quantitative estimate of drug-likeness (QED) is 0.389. The van der Waals surface area contributed by atoms with Gasteiger partial charge in [-0.1, -0.05) is 19.1 Å². The SMILES string of the molecule is COc1ccc(CCNC(=NCCc2ccco2)N(C)CC(C)c2nccs2)cc1. The Morgan fingerprint density at radius 2 is 2.10 bits per heavy atom. The van der Waals surface area contributed by atoms with Crippen molar-refractivity contribution in [3.8, 4) is 5.75 Å². The number of nitrogens with one attached hydrogen (secondary N) is 1. The highest BCUT2D eigenvalue weighted by atomic mass is 32.1. The van der Waals surface area contributed by atoms with Gasteiger partial charge in [0.25, 0.3) is 0 Å². The Hall–Kier alpha value is -2.80. The number of rotatable bonds is 10. The summed E-state index contributed by atoms with van der Waals surface area (Å²) in [5.41, 5.74) is 1.26. The van der Waals surface area contributed by atoms with Crippen LogP contribution in [0.4, 0.5) is 0 Å². The molecule has 0 fully saturated rings. The molecule has 2 heterocycles. The number of thiazole rings is 1. The Bertz CT molecular complexity index is 877. The van der Waals surface area contributed by atoms with Gasteiger partial charge in [0.15, 0.2) is 5.96 Å². The van der Waals surface area contributed by atoms with Gasteiger partial charge >= 0.3 is 0 Å². The highest BCUT2D eigenvalue weighted by molar-refractivity contribution is 7.09. The van der Waals surface area contributed by atoms with E-state index in [0.717, 1.165) is 48.4 Å². The van der Waals surface area contributed by atoms with Crippen molar-refractivity contribution in [3.05, 3.63) is 70.6 Å². The van der Waals surface area contributed by atoms with E-state index in [2.05, 4.69) is 41.3 Å². The molecule has 0 amide bonds. The number of aliphatic imine (C=N–C) groups is 1. The van der Waals surface area contributed by atoms with Crippen LogP contribution in [-0.2, 0) is 12.8 Å². The average Bonchev–Trinajstić information content (AvgIpc) is 3.47. The highest BCUT2D eigenvalue weighted by Crippen LogP contribution is 2.18. The molecule has 2 aromatic heterocycles. The van der Waals surface area contributed by atoms with Gasteiger partial charge < -0.3 is 19.4 Å². The number of aromatic nitrogens is 1. The molecular formula is C23H30N4O2S. The largest absolute Gasteiger partial charge is 0.497 e. The van der Waals surface area contributed by atoms with Crippen molar-refractivity contribution >= 4 is 17.3 Å². The van der Waals surface area contributed by atoms with Crippen LogP contribution in [0.15, 0.2) is 63.6 Å². The van der Waals surface area contributed by atoms with Gasteiger partial charge in [-0.05, 0) is 36.2 Å². The molecule has 1 unspecified atom stereocenters. The molecule has 7 heteroatoms. The summed E-state index contributed by atoms with van der Waals surface area (Å²) in [7, 11) is 3.76. The number of benzene rings is 1. The Kier molecular flexibility index (Phi) is 8.32. The van der Waals surface area contributed by atoms with E-state index < -0.39 is 0 Å². The fourth-order valence-electron chi connectivity index (χ4n) is 3.20. The van der Waals surface area contributed by atoms with Crippen LogP contribution in [0.5, 0.6) is 5.75 Å². The number of ether oxygens (including phenoxy) is 1. The number of hydrogen-bond donors (Lipinski definition) is 1. The maximum absolute atomic E-state index is 5.43. The summed E-state index contributed by atoms with van der Waals surface area (Å²) in [4.78, 5) is 11.5. The van der Waals surface area contributed by atoms with Gasteiger partial charge in [-0.15, -0.1) is 11.3 Å². The third kappa shape index (κ3) is 6.62. The molecule has 0 radical (unpaired) electrons.